The normalized spacial score (nSPS) is 12.9. The van der Waals surface area contributed by atoms with Crippen LogP contribution in [0.2, 0.25) is 0 Å². The van der Waals surface area contributed by atoms with Gasteiger partial charge in [0.25, 0.3) is 0 Å². The number of carbonyl (C=O) groups is 2. The van der Waals surface area contributed by atoms with E-state index in [-0.39, 0.29) is 0 Å². The highest BCUT2D eigenvalue weighted by atomic mass is 16.6. The van der Waals surface area contributed by atoms with Crippen LogP contribution in [0.3, 0.4) is 0 Å². The summed E-state index contributed by atoms with van der Waals surface area (Å²) in [7, 11) is 0. The third-order valence-corrected chi connectivity index (χ3v) is 1.76. The lowest BCUT2D eigenvalue weighted by Crippen LogP contribution is -2.37. The lowest BCUT2D eigenvalue weighted by molar-refractivity contribution is -0.139. The van der Waals surface area contributed by atoms with Crippen molar-refractivity contribution < 1.29 is 19.4 Å². The topological polar surface area (TPSA) is 104 Å². The molecule has 0 aliphatic rings. The van der Waals surface area contributed by atoms with Crippen molar-refractivity contribution in [3.63, 3.8) is 0 Å². The van der Waals surface area contributed by atoms with Gasteiger partial charge in [-0.3, -0.25) is 5.10 Å². The first kappa shape index (κ1) is 13.0. The molecule has 7 heteroatoms. The van der Waals surface area contributed by atoms with E-state index in [9.17, 15) is 9.59 Å². The van der Waals surface area contributed by atoms with Crippen LogP contribution in [-0.2, 0) is 9.53 Å². The number of carbonyl (C=O) groups excluding carboxylic acids is 1. The summed E-state index contributed by atoms with van der Waals surface area (Å²) in [4.78, 5) is 22.4. The summed E-state index contributed by atoms with van der Waals surface area (Å²) in [5.41, 5.74) is -0.327. The molecule has 1 atom stereocenters. The third kappa shape index (κ3) is 4.13. The van der Waals surface area contributed by atoms with E-state index in [0.717, 1.165) is 0 Å². The minimum Gasteiger partial charge on any atom is -0.479 e. The van der Waals surface area contributed by atoms with Crippen molar-refractivity contribution in [1.82, 2.24) is 15.5 Å². The van der Waals surface area contributed by atoms with E-state index in [0.29, 0.717) is 5.56 Å². The number of nitrogens with zero attached hydrogens (tertiary/aromatic N) is 1. The number of ether oxygens (including phenoxy) is 1. The minimum absolute atomic E-state index is 0.350. The molecule has 0 radical (unpaired) electrons. The second kappa shape index (κ2) is 4.86. The number of hydrogen-bond acceptors (Lipinski definition) is 4. The van der Waals surface area contributed by atoms with Crippen LogP contribution in [-0.4, -0.2) is 33.0 Å². The summed E-state index contributed by atoms with van der Waals surface area (Å²) in [6.07, 6.45) is 1.94. The fourth-order valence-corrected chi connectivity index (χ4v) is 1.13. The molecule has 1 aromatic rings. The second-order valence-electron chi connectivity index (χ2n) is 4.45. The summed E-state index contributed by atoms with van der Waals surface area (Å²) in [6, 6.07) is -1.18. The van der Waals surface area contributed by atoms with Crippen LogP contribution in [0.1, 0.15) is 32.4 Å². The van der Waals surface area contributed by atoms with Gasteiger partial charge in [-0.05, 0) is 20.8 Å². The molecule has 1 heterocycles. The van der Waals surface area contributed by atoms with Crippen molar-refractivity contribution in [2.45, 2.75) is 32.4 Å². The van der Waals surface area contributed by atoms with Gasteiger partial charge < -0.3 is 15.2 Å². The number of nitrogens with one attached hydrogen (secondary N) is 2. The maximum absolute atomic E-state index is 11.4. The molecule has 1 aromatic heterocycles. The molecule has 0 aliphatic heterocycles. The van der Waals surface area contributed by atoms with Crippen molar-refractivity contribution in [1.29, 1.82) is 0 Å². The van der Waals surface area contributed by atoms with Gasteiger partial charge in [0, 0.05) is 11.8 Å². The van der Waals surface area contributed by atoms with E-state index in [1.54, 1.807) is 20.8 Å². The van der Waals surface area contributed by atoms with Gasteiger partial charge in [0.1, 0.15) is 5.60 Å². The van der Waals surface area contributed by atoms with E-state index in [1.807, 2.05) is 0 Å². The van der Waals surface area contributed by atoms with Gasteiger partial charge in [-0.1, -0.05) is 0 Å². The molecule has 1 rings (SSSR count). The quantitative estimate of drug-likeness (QED) is 0.734. The van der Waals surface area contributed by atoms with Gasteiger partial charge in [-0.2, -0.15) is 5.10 Å². The van der Waals surface area contributed by atoms with Crippen LogP contribution in [0, 0.1) is 0 Å². The van der Waals surface area contributed by atoms with Crippen molar-refractivity contribution in [3.05, 3.63) is 18.0 Å². The molecule has 1 amide bonds. The largest absolute Gasteiger partial charge is 0.479 e. The second-order valence-corrected chi connectivity index (χ2v) is 4.45. The summed E-state index contributed by atoms with van der Waals surface area (Å²) in [5, 5.41) is 17.3. The van der Waals surface area contributed by atoms with E-state index in [4.69, 9.17) is 9.84 Å². The smallest absolute Gasteiger partial charge is 0.408 e. The fraction of sp³-hybridized carbons (Fsp3) is 0.500. The van der Waals surface area contributed by atoms with Gasteiger partial charge >= 0.3 is 12.1 Å². The summed E-state index contributed by atoms with van der Waals surface area (Å²) < 4.78 is 4.97. The number of aromatic amines is 1. The van der Waals surface area contributed by atoms with Gasteiger partial charge in [-0.15, -0.1) is 0 Å². The predicted octanol–water partition coefficient (Wildman–Crippen LogP) is 1.06. The summed E-state index contributed by atoms with van der Waals surface area (Å²) in [6.45, 7) is 5.08. The van der Waals surface area contributed by atoms with Gasteiger partial charge in [0.05, 0.1) is 6.20 Å². The minimum atomic E-state index is -1.18. The van der Waals surface area contributed by atoms with Crippen molar-refractivity contribution >= 4 is 12.1 Å². The molecule has 0 saturated carbocycles. The molecule has 0 fully saturated rings. The van der Waals surface area contributed by atoms with E-state index < -0.39 is 23.7 Å². The maximum Gasteiger partial charge on any atom is 0.408 e. The molecule has 94 valence electrons. The standard InChI is InChI=1S/C10H15N3O4/c1-10(2,3)17-9(16)13-7(8(14)15)6-4-11-12-5-6/h4-5,7H,1-3H3,(H,11,12)(H,13,16)(H,14,15)/t7-/m1/s1. The Kier molecular flexibility index (Phi) is 3.72. The number of aromatic nitrogens is 2. The average Bonchev–Trinajstić information content (AvgIpc) is 2.63. The lowest BCUT2D eigenvalue weighted by atomic mass is 10.1. The molecular formula is C10H15N3O4. The zero-order valence-corrected chi connectivity index (χ0v) is 9.85. The summed E-state index contributed by atoms with van der Waals surface area (Å²) in [5.74, 6) is -1.18. The molecular weight excluding hydrogens is 226 g/mol. The fourth-order valence-electron chi connectivity index (χ4n) is 1.13. The average molecular weight is 241 g/mol. The van der Waals surface area contributed by atoms with E-state index in [2.05, 4.69) is 15.5 Å². The Morgan fingerprint density at radius 1 is 1.53 bits per heavy atom. The van der Waals surface area contributed by atoms with Gasteiger partial charge in [-0.25, -0.2) is 9.59 Å². The third-order valence-electron chi connectivity index (χ3n) is 1.76. The van der Waals surface area contributed by atoms with Crippen LogP contribution in [0.25, 0.3) is 0 Å². The van der Waals surface area contributed by atoms with Crippen molar-refractivity contribution in [2.24, 2.45) is 0 Å². The Bertz CT molecular complexity index is 394. The number of H-pyrrole nitrogens is 1. The number of rotatable bonds is 3. The lowest BCUT2D eigenvalue weighted by Gasteiger charge is -2.21. The molecule has 0 spiro atoms. The van der Waals surface area contributed by atoms with Gasteiger partial charge in [0.2, 0.25) is 0 Å². The highest BCUT2D eigenvalue weighted by molar-refractivity contribution is 5.81. The molecule has 17 heavy (non-hydrogen) atoms. The Morgan fingerprint density at radius 2 is 2.18 bits per heavy atom. The van der Waals surface area contributed by atoms with E-state index >= 15 is 0 Å². The first-order chi connectivity index (χ1) is 7.79. The number of amides is 1. The number of alkyl carbamates (subject to hydrolysis) is 1. The maximum atomic E-state index is 11.4. The first-order valence-corrected chi connectivity index (χ1v) is 5.00. The Morgan fingerprint density at radius 3 is 2.59 bits per heavy atom. The summed E-state index contributed by atoms with van der Waals surface area (Å²) >= 11 is 0. The molecule has 0 aromatic carbocycles. The predicted molar refractivity (Wildman–Crippen MR) is 58.3 cm³/mol. The SMILES string of the molecule is CC(C)(C)OC(=O)N[C@@H](C(=O)O)c1cn[nH]c1. The molecule has 0 bridgehead atoms. The first-order valence-electron chi connectivity index (χ1n) is 5.00. The highest BCUT2D eigenvalue weighted by Crippen LogP contribution is 2.13. The van der Waals surface area contributed by atoms with E-state index in [1.165, 1.54) is 12.4 Å². The number of aliphatic carboxylic acids is 1. The van der Waals surface area contributed by atoms with Crippen LogP contribution in [0.15, 0.2) is 12.4 Å². The molecule has 0 saturated heterocycles. The number of carboxylic acid groups (broad SMARTS) is 1. The molecule has 0 unspecified atom stereocenters. The Hall–Kier alpha value is -2.05. The Balaban J connectivity index is 2.69. The number of carboxylic acids is 1. The molecule has 0 aliphatic carbocycles. The Labute approximate surface area is 98.2 Å². The number of hydrogen-bond donors (Lipinski definition) is 3. The zero-order valence-electron chi connectivity index (χ0n) is 9.85. The van der Waals surface area contributed by atoms with Crippen LogP contribution < -0.4 is 5.32 Å². The molecule has 7 nitrogen and oxygen atoms in total. The zero-order chi connectivity index (χ0) is 13.1. The van der Waals surface area contributed by atoms with Crippen LogP contribution in [0.4, 0.5) is 4.79 Å². The van der Waals surface area contributed by atoms with Crippen molar-refractivity contribution in [2.75, 3.05) is 0 Å². The highest BCUT2D eigenvalue weighted by Gasteiger charge is 2.25. The van der Waals surface area contributed by atoms with Crippen LogP contribution >= 0.6 is 0 Å². The van der Waals surface area contributed by atoms with Crippen LogP contribution in [0.5, 0.6) is 0 Å². The monoisotopic (exact) mass is 241 g/mol. The molecule has 3 N–H and O–H groups in total. The van der Waals surface area contributed by atoms with Crippen molar-refractivity contribution in [3.8, 4) is 0 Å². The van der Waals surface area contributed by atoms with Gasteiger partial charge in [0.15, 0.2) is 6.04 Å².